The Hall–Kier alpha value is -1.29. The van der Waals surface area contributed by atoms with Gasteiger partial charge in [0.2, 0.25) is 0 Å². The van der Waals surface area contributed by atoms with Crippen molar-refractivity contribution in [2.24, 2.45) is 5.92 Å². The Kier molecular flexibility index (Phi) is 31.2. The summed E-state index contributed by atoms with van der Waals surface area (Å²) in [7, 11) is 6.08. The molecule has 2 unspecified atom stereocenters. The van der Waals surface area contributed by atoms with Gasteiger partial charge in [-0.2, -0.15) is 0 Å². The summed E-state index contributed by atoms with van der Waals surface area (Å²) in [6, 6.07) is 0. The van der Waals surface area contributed by atoms with Gasteiger partial charge in [0.1, 0.15) is 6.10 Å². The van der Waals surface area contributed by atoms with E-state index >= 15 is 0 Å². The predicted octanol–water partition coefficient (Wildman–Crippen LogP) is 12.1. The van der Waals surface area contributed by atoms with E-state index in [1.807, 2.05) is 7.05 Å². The number of hydrogen-bond donors (Lipinski definition) is 0. The maximum Gasteiger partial charge on any atom is 0.409 e. The molecular formula is C39H76N2O2. The molecule has 0 aliphatic carbocycles. The maximum atomic E-state index is 13.2. The van der Waals surface area contributed by atoms with E-state index in [2.05, 4.69) is 64.1 Å². The second-order valence-electron chi connectivity index (χ2n) is 13.3. The summed E-state index contributed by atoms with van der Waals surface area (Å²) >= 11 is 0. The standard InChI is InChI=1S/C39H76N2O2/c1-7-10-13-16-19-22-25-28-32-37(33-29-26-23-20-17-14-11-8-2)38(34-30-27-24-21-18-15-12-9-3)43-39(42)41(6)36-31-35-40(4)5/h19,21-22,24,37-38H,7-18,20,23,25-36H2,1-6H3/b22-19-,24-21-. The molecule has 254 valence electrons. The lowest BCUT2D eigenvalue weighted by Gasteiger charge is -2.29. The molecule has 0 aromatic rings. The average Bonchev–Trinajstić information content (AvgIpc) is 2.99. The van der Waals surface area contributed by atoms with E-state index in [1.165, 1.54) is 116 Å². The number of amides is 1. The van der Waals surface area contributed by atoms with Crippen LogP contribution >= 0.6 is 0 Å². The molecule has 0 aliphatic rings. The molecule has 0 aliphatic heterocycles. The Morgan fingerprint density at radius 1 is 0.535 bits per heavy atom. The molecule has 2 atom stereocenters. The lowest BCUT2D eigenvalue weighted by Crippen LogP contribution is -2.36. The zero-order valence-electron chi connectivity index (χ0n) is 30.1. The summed E-state index contributed by atoms with van der Waals surface area (Å²) in [6.07, 6.45) is 39.2. The molecule has 0 heterocycles. The fourth-order valence-corrected chi connectivity index (χ4v) is 5.81. The highest BCUT2D eigenvalue weighted by molar-refractivity contribution is 5.67. The third kappa shape index (κ3) is 28.0. The SMILES string of the molecule is CCCCC/C=C\CCCC(CCCCCCCCCC)C(CCC/C=C\CCCCC)OC(=O)N(C)CCCN(C)C. The topological polar surface area (TPSA) is 32.8 Å². The minimum absolute atomic E-state index is 0.0235. The lowest BCUT2D eigenvalue weighted by atomic mass is 9.87. The quantitative estimate of drug-likeness (QED) is 0.0583. The molecule has 1 amide bonds. The fourth-order valence-electron chi connectivity index (χ4n) is 5.81. The Morgan fingerprint density at radius 2 is 0.977 bits per heavy atom. The second-order valence-corrected chi connectivity index (χ2v) is 13.3. The minimum atomic E-state index is -0.129. The normalized spacial score (nSPS) is 13.4. The third-order valence-electron chi connectivity index (χ3n) is 8.70. The van der Waals surface area contributed by atoms with E-state index in [1.54, 1.807) is 4.90 Å². The number of rotatable bonds is 31. The molecule has 0 fully saturated rings. The van der Waals surface area contributed by atoms with Gasteiger partial charge < -0.3 is 14.5 Å². The summed E-state index contributed by atoms with van der Waals surface area (Å²) in [6.45, 7) is 8.55. The van der Waals surface area contributed by atoms with Crippen molar-refractivity contribution in [2.75, 3.05) is 34.2 Å². The Morgan fingerprint density at radius 3 is 1.51 bits per heavy atom. The van der Waals surface area contributed by atoms with Gasteiger partial charge in [-0.25, -0.2) is 4.79 Å². The van der Waals surface area contributed by atoms with Gasteiger partial charge in [0, 0.05) is 13.6 Å². The van der Waals surface area contributed by atoms with Crippen molar-refractivity contribution < 1.29 is 9.53 Å². The van der Waals surface area contributed by atoms with Crippen LogP contribution in [0.1, 0.15) is 175 Å². The van der Waals surface area contributed by atoms with Crippen LogP contribution in [0.4, 0.5) is 4.79 Å². The van der Waals surface area contributed by atoms with E-state index in [-0.39, 0.29) is 12.2 Å². The van der Waals surface area contributed by atoms with Crippen LogP contribution < -0.4 is 0 Å². The zero-order chi connectivity index (χ0) is 31.8. The number of hydrogen-bond acceptors (Lipinski definition) is 3. The molecule has 43 heavy (non-hydrogen) atoms. The van der Waals surface area contributed by atoms with Crippen molar-refractivity contribution in [1.29, 1.82) is 0 Å². The molecule has 0 radical (unpaired) electrons. The smallest absolute Gasteiger partial charge is 0.409 e. The van der Waals surface area contributed by atoms with Crippen molar-refractivity contribution in [3.8, 4) is 0 Å². The van der Waals surface area contributed by atoms with Crippen LogP contribution in [-0.2, 0) is 4.74 Å². The molecule has 0 spiro atoms. The summed E-state index contributed by atoms with van der Waals surface area (Å²) in [5, 5.41) is 0. The third-order valence-corrected chi connectivity index (χ3v) is 8.70. The first kappa shape index (κ1) is 41.7. The summed E-state index contributed by atoms with van der Waals surface area (Å²) in [5.41, 5.74) is 0. The molecular weight excluding hydrogens is 528 g/mol. The number of carbonyl (C=O) groups excluding carboxylic acids is 1. The van der Waals surface area contributed by atoms with Crippen LogP contribution in [0.2, 0.25) is 0 Å². The Labute approximate surface area is 270 Å². The van der Waals surface area contributed by atoms with E-state index in [0.717, 1.165) is 51.6 Å². The van der Waals surface area contributed by atoms with Crippen molar-refractivity contribution in [1.82, 2.24) is 9.80 Å². The number of allylic oxidation sites excluding steroid dienone is 4. The molecule has 0 bridgehead atoms. The molecule has 0 saturated heterocycles. The van der Waals surface area contributed by atoms with Gasteiger partial charge in [0.25, 0.3) is 0 Å². The number of carbonyl (C=O) groups is 1. The number of unbranched alkanes of at least 4 members (excludes halogenated alkanes) is 15. The zero-order valence-corrected chi connectivity index (χ0v) is 30.1. The first-order chi connectivity index (χ1) is 21.0. The van der Waals surface area contributed by atoms with Gasteiger partial charge in [0.15, 0.2) is 0 Å². The maximum absolute atomic E-state index is 13.2. The van der Waals surface area contributed by atoms with Gasteiger partial charge in [0.05, 0.1) is 0 Å². The van der Waals surface area contributed by atoms with Crippen LogP contribution in [0.5, 0.6) is 0 Å². The number of nitrogens with zero attached hydrogens (tertiary/aromatic N) is 2. The van der Waals surface area contributed by atoms with Gasteiger partial charge in [-0.3, -0.25) is 0 Å². The molecule has 0 saturated carbocycles. The average molecular weight is 605 g/mol. The minimum Gasteiger partial charge on any atom is -0.446 e. The Balaban J connectivity index is 5.21. The molecule has 0 rings (SSSR count). The molecule has 4 heteroatoms. The van der Waals surface area contributed by atoms with E-state index in [0.29, 0.717) is 5.92 Å². The van der Waals surface area contributed by atoms with E-state index in [9.17, 15) is 4.79 Å². The molecule has 0 aromatic heterocycles. The van der Waals surface area contributed by atoms with Crippen molar-refractivity contribution in [3.63, 3.8) is 0 Å². The molecule has 0 aromatic carbocycles. The van der Waals surface area contributed by atoms with E-state index in [4.69, 9.17) is 4.74 Å². The van der Waals surface area contributed by atoms with Gasteiger partial charge >= 0.3 is 6.09 Å². The van der Waals surface area contributed by atoms with Gasteiger partial charge in [-0.15, -0.1) is 0 Å². The van der Waals surface area contributed by atoms with Crippen molar-refractivity contribution >= 4 is 6.09 Å². The van der Waals surface area contributed by atoms with Crippen LogP contribution in [0.3, 0.4) is 0 Å². The van der Waals surface area contributed by atoms with Crippen molar-refractivity contribution in [2.45, 2.75) is 181 Å². The van der Waals surface area contributed by atoms with Crippen LogP contribution in [0, 0.1) is 5.92 Å². The van der Waals surface area contributed by atoms with E-state index < -0.39 is 0 Å². The van der Waals surface area contributed by atoms with Crippen LogP contribution in [-0.4, -0.2) is 56.2 Å². The lowest BCUT2D eigenvalue weighted by molar-refractivity contribution is 0.0271. The summed E-state index contributed by atoms with van der Waals surface area (Å²) in [4.78, 5) is 17.2. The number of ether oxygens (including phenoxy) is 1. The fraction of sp³-hybridized carbons (Fsp3) is 0.872. The van der Waals surface area contributed by atoms with Crippen LogP contribution in [0.15, 0.2) is 24.3 Å². The highest BCUT2D eigenvalue weighted by atomic mass is 16.6. The monoisotopic (exact) mass is 605 g/mol. The second kappa shape index (κ2) is 32.1. The largest absolute Gasteiger partial charge is 0.446 e. The molecule has 0 N–H and O–H groups in total. The summed E-state index contributed by atoms with van der Waals surface area (Å²) in [5.74, 6) is 0.459. The summed E-state index contributed by atoms with van der Waals surface area (Å²) < 4.78 is 6.37. The van der Waals surface area contributed by atoms with Gasteiger partial charge in [-0.1, -0.05) is 122 Å². The first-order valence-electron chi connectivity index (χ1n) is 18.8. The highest BCUT2D eigenvalue weighted by Crippen LogP contribution is 2.27. The van der Waals surface area contributed by atoms with Crippen LogP contribution in [0.25, 0.3) is 0 Å². The highest BCUT2D eigenvalue weighted by Gasteiger charge is 2.26. The first-order valence-corrected chi connectivity index (χ1v) is 18.8. The predicted molar refractivity (Wildman–Crippen MR) is 191 cm³/mol. The molecule has 4 nitrogen and oxygen atoms in total. The Bertz CT molecular complexity index is 645. The van der Waals surface area contributed by atoms with Gasteiger partial charge in [-0.05, 0) is 104 Å². The van der Waals surface area contributed by atoms with Crippen molar-refractivity contribution in [3.05, 3.63) is 24.3 Å².